The maximum absolute atomic E-state index is 5.39. The van der Waals surface area contributed by atoms with Gasteiger partial charge in [-0.1, -0.05) is 0 Å². The highest BCUT2D eigenvalue weighted by Gasteiger charge is 2.25. The van der Waals surface area contributed by atoms with Crippen molar-refractivity contribution in [3.05, 3.63) is 10.6 Å². The summed E-state index contributed by atoms with van der Waals surface area (Å²) in [5.74, 6) is 0. The zero-order chi connectivity index (χ0) is 11.7. The number of morpholine rings is 1. The van der Waals surface area contributed by atoms with Crippen molar-refractivity contribution in [2.45, 2.75) is 25.3 Å². The van der Waals surface area contributed by atoms with E-state index in [0.717, 1.165) is 26.3 Å². The first-order valence-electron chi connectivity index (χ1n) is 6.38. The van der Waals surface area contributed by atoms with Crippen LogP contribution in [0.25, 0.3) is 0 Å². The zero-order valence-electron chi connectivity index (χ0n) is 10.2. The van der Waals surface area contributed by atoms with Crippen LogP contribution in [0.2, 0.25) is 0 Å². The molecule has 0 saturated carbocycles. The molecule has 94 valence electrons. The first-order valence-corrected chi connectivity index (χ1v) is 7.19. The smallest absolute Gasteiger partial charge is 0.185 e. The van der Waals surface area contributed by atoms with E-state index in [1.165, 1.54) is 35.0 Å². The minimum atomic E-state index is 0.463. The van der Waals surface area contributed by atoms with Crippen LogP contribution in [-0.2, 0) is 11.2 Å². The van der Waals surface area contributed by atoms with Crippen LogP contribution in [0.15, 0.2) is 0 Å². The van der Waals surface area contributed by atoms with Crippen LogP contribution < -0.4 is 10.2 Å². The summed E-state index contributed by atoms with van der Waals surface area (Å²) < 4.78 is 5.39. The number of ether oxygens (including phenoxy) is 1. The van der Waals surface area contributed by atoms with Gasteiger partial charge in [-0.3, -0.25) is 0 Å². The standard InChI is InChI=1S/C12H19N3OS/c1-13-9-3-2-4-10-11(9)14-12(17-10)15-5-7-16-8-6-15/h9,13H,2-8H2,1H3. The van der Waals surface area contributed by atoms with Gasteiger partial charge < -0.3 is 15.0 Å². The number of nitrogens with one attached hydrogen (secondary N) is 1. The molecule has 1 atom stereocenters. The molecular weight excluding hydrogens is 234 g/mol. The zero-order valence-corrected chi connectivity index (χ0v) is 11.1. The minimum absolute atomic E-state index is 0.463. The van der Waals surface area contributed by atoms with Crippen molar-refractivity contribution in [1.82, 2.24) is 10.3 Å². The Balaban J connectivity index is 1.84. The van der Waals surface area contributed by atoms with Crippen molar-refractivity contribution >= 4 is 16.5 Å². The van der Waals surface area contributed by atoms with Crippen LogP contribution in [0.4, 0.5) is 5.13 Å². The average Bonchev–Trinajstić information content (AvgIpc) is 2.83. The van der Waals surface area contributed by atoms with Crippen molar-refractivity contribution < 1.29 is 4.74 Å². The number of aromatic nitrogens is 1. The Morgan fingerprint density at radius 3 is 3.00 bits per heavy atom. The third kappa shape index (κ3) is 2.19. The molecule has 1 unspecified atom stereocenters. The number of hydrogen-bond donors (Lipinski definition) is 1. The fourth-order valence-electron chi connectivity index (χ4n) is 2.58. The van der Waals surface area contributed by atoms with E-state index in [-0.39, 0.29) is 0 Å². The number of rotatable bonds is 2. The van der Waals surface area contributed by atoms with Gasteiger partial charge in [0.25, 0.3) is 0 Å². The fraction of sp³-hybridized carbons (Fsp3) is 0.750. The molecule has 0 amide bonds. The van der Waals surface area contributed by atoms with E-state index < -0.39 is 0 Å². The van der Waals surface area contributed by atoms with Crippen LogP contribution in [0.3, 0.4) is 0 Å². The topological polar surface area (TPSA) is 37.4 Å². The predicted octanol–water partition coefficient (Wildman–Crippen LogP) is 1.58. The summed E-state index contributed by atoms with van der Waals surface area (Å²) in [5, 5.41) is 4.57. The van der Waals surface area contributed by atoms with E-state index in [1.54, 1.807) is 0 Å². The average molecular weight is 253 g/mol. The molecular formula is C12H19N3OS. The summed E-state index contributed by atoms with van der Waals surface area (Å²) in [6, 6.07) is 0.463. The maximum Gasteiger partial charge on any atom is 0.185 e. The molecule has 0 radical (unpaired) electrons. The molecule has 1 aliphatic carbocycles. The van der Waals surface area contributed by atoms with Gasteiger partial charge in [0.15, 0.2) is 5.13 Å². The van der Waals surface area contributed by atoms with E-state index in [9.17, 15) is 0 Å². The van der Waals surface area contributed by atoms with Gasteiger partial charge in [0, 0.05) is 18.0 Å². The van der Waals surface area contributed by atoms with Gasteiger partial charge in [-0.05, 0) is 26.3 Å². The largest absolute Gasteiger partial charge is 0.378 e. The normalized spacial score (nSPS) is 24.8. The molecule has 1 fully saturated rings. The van der Waals surface area contributed by atoms with Crippen molar-refractivity contribution in [3.63, 3.8) is 0 Å². The fourth-order valence-corrected chi connectivity index (χ4v) is 3.79. The van der Waals surface area contributed by atoms with E-state index in [4.69, 9.17) is 9.72 Å². The number of hydrogen-bond acceptors (Lipinski definition) is 5. The summed E-state index contributed by atoms with van der Waals surface area (Å²) in [6.45, 7) is 3.63. The molecule has 1 saturated heterocycles. The number of thiazole rings is 1. The highest BCUT2D eigenvalue weighted by Crippen LogP contribution is 2.36. The van der Waals surface area contributed by atoms with Gasteiger partial charge >= 0.3 is 0 Å². The molecule has 1 N–H and O–H groups in total. The van der Waals surface area contributed by atoms with Crippen molar-refractivity contribution in [3.8, 4) is 0 Å². The molecule has 1 aromatic heterocycles. The lowest BCUT2D eigenvalue weighted by atomic mass is 9.98. The van der Waals surface area contributed by atoms with Gasteiger partial charge in [-0.15, -0.1) is 11.3 Å². The summed E-state index contributed by atoms with van der Waals surface area (Å²) >= 11 is 1.88. The molecule has 4 nitrogen and oxygen atoms in total. The van der Waals surface area contributed by atoms with Gasteiger partial charge in [0.2, 0.25) is 0 Å². The first-order chi connectivity index (χ1) is 8.38. The number of aryl methyl sites for hydroxylation is 1. The lowest BCUT2D eigenvalue weighted by Gasteiger charge is -2.26. The van der Waals surface area contributed by atoms with Crippen LogP contribution in [0.1, 0.15) is 29.5 Å². The molecule has 1 aliphatic heterocycles. The molecule has 1 aromatic rings. The molecule has 17 heavy (non-hydrogen) atoms. The Morgan fingerprint density at radius 1 is 1.41 bits per heavy atom. The molecule has 3 rings (SSSR count). The van der Waals surface area contributed by atoms with Crippen molar-refractivity contribution in [2.24, 2.45) is 0 Å². The summed E-state index contributed by atoms with van der Waals surface area (Å²) in [4.78, 5) is 8.70. The van der Waals surface area contributed by atoms with Crippen LogP contribution >= 0.6 is 11.3 Å². The summed E-state index contributed by atoms with van der Waals surface area (Å²) in [5.41, 5.74) is 1.30. The monoisotopic (exact) mass is 253 g/mol. The van der Waals surface area contributed by atoms with E-state index in [0.29, 0.717) is 6.04 Å². The molecule has 2 heterocycles. The second-order valence-corrected chi connectivity index (χ2v) is 5.70. The Hall–Kier alpha value is -0.650. The SMILES string of the molecule is CNC1CCCc2sc(N3CCOCC3)nc21. The van der Waals surface area contributed by atoms with Crippen LogP contribution in [-0.4, -0.2) is 38.3 Å². The van der Waals surface area contributed by atoms with Gasteiger partial charge in [0.05, 0.1) is 24.9 Å². The van der Waals surface area contributed by atoms with Crippen LogP contribution in [0, 0.1) is 0 Å². The van der Waals surface area contributed by atoms with E-state index >= 15 is 0 Å². The summed E-state index contributed by atoms with van der Waals surface area (Å²) in [6.07, 6.45) is 3.70. The minimum Gasteiger partial charge on any atom is -0.378 e. The first kappa shape index (κ1) is 11.4. The molecule has 0 spiro atoms. The second-order valence-electron chi connectivity index (χ2n) is 4.64. The van der Waals surface area contributed by atoms with Crippen molar-refractivity contribution in [1.29, 1.82) is 0 Å². The highest BCUT2D eigenvalue weighted by atomic mass is 32.1. The van der Waals surface area contributed by atoms with E-state index in [2.05, 4.69) is 10.2 Å². The molecule has 2 aliphatic rings. The van der Waals surface area contributed by atoms with Crippen LogP contribution in [0.5, 0.6) is 0 Å². The Labute approximate surface area is 106 Å². The predicted molar refractivity (Wildman–Crippen MR) is 69.9 cm³/mol. The van der Waals surface area contributed by atoms with Gasteiger partial charge in [0.1, 0.15) is 0 Å². The van der Waals surface area contributed by atoms with E-state index in [1.807, 2.05) is 18.4 Å². The number of nitrogens with zero attached hydrogens (tertiary/aromatic N) is 2. The maximum atomic E-state index is 5.39. The quantitative estimate of drug-likeness (QED) is 0.868. The third-order valence-corrected chi connectivity index (χ3v) is 4.76. The van der Waals surface area contributed by atoms with Gasteiger partial charge in [-0.2, -0.15) is 0 Å². The lowest BCUT2D eigenvalue weighted by molar-refractivity contribution is 0.122. The second kappa shape index (κ2) is 4.92. The Kier molecular flexibility index (Phi) is 3.31. The molecule has 5 heteroatoms. The Morgan fingerprint density at radius 2 is 2.24 bits per heavy atom. The number of anilines is 1. The van der Waals surface area contributed by atoms with Crippen molar-refractivity contribution in [2.75, 3.05) is 38.3 Å². The molecule has 0 aromatic carbocycles. The molecule has 0 bridgehead atoms. The lowest BCUT2D eigenvalue weighted by Crippen LogP contribution is -2.36. The third-order valence-electron chi connectivity index (χ3n) is 3.57. The summed E-state index contributed by atoms with van der Waals surface area (Å²) in [7, 11) is 2.04. The Bertz CT molecular complexity index is 387. The number of fused-ring (bicyclic) bond motifs is 1. The highest BCUT2D eigenvalue weighted by molar-refractivity contribution is 7.15. The van der Waals surface area contributed by atoms with Gasteiger partial charge in [-0.25, -0.2) is 4.98 Å².